The molecule has 1 aliphatic heterocycles. The maximum Gasteiger partial charge on any atom is 0.416 e. The molecule has 2 heterocycles. The van der Waals surface area contributed by atoms with Gasteiger partial charge in [0.2, 0.25) is 0 Å². The van der Waals surface area contributed by atoms with Gasteiger partial charge in [0.05, 0.1) is 23.9 Å². The predicted molar refractivity (Wildman–Crippen MR) is 98.1 cm³/mol. The zero-order valence-corrected chi connectivity index (χ0v) is 15.2. The zero-order valence-electron chi connectivity index (χ0n) is 15.2. The van der Waals surface area contributed by atoms with Crippen LogP contribution in [0.3, 0.4) is 0 Å². The van der Waals surface area contributed by atoms with Gasteiger partial charge in [-0.15, -0.1) is 0 Å². The molecule has 0 radical (unpaired) electrons. The Morgan fingerprint density at radius 1 is 1.26 bits per heavy atom. The Bertz CT molecular complexity index is 781. The lowest BCUT2D eigenvalue weighted by Crippen LogP contribution is -2.46. The molecule has 146 valence electrons. The predicted octanol–water partition coefficient (Wildman–Crippen LogP) is 3.53. The molecule has 0 aliphatic carbocycles. The van der Waals surface area contributed by atoms with E-state index in [0.717, 1.165) is 43.6 Å². The van der Waals surface area contributed by atoms with Gasteiger partial charge in [-0.05, 0) is 68.2 Å². The van der Waals surface area contributed by atoms with Crippen LogP contribution in [0.2, 0.25) is 0 Å². The van der Waals surface area contributed by atoms with Crippen LogP contribution < -0.4 is 10.6 Å². The summed E-state index contributed by atoms with van der Waals surface area (Å²) in [5, 5.41) is 16.4. The molecule has 2 aromatic rings. The third kappa shape index (κ3) is 4.48. The molecule has 1 fully saturated rings. The Kier molecular flexibility index (Phi) is 5.83. The van der Waals surface area contributed by atoms with Crippen LogP contribution in [0.25, 0.3) is 11.1 Å². The van der Waals surface area contributed by atoms with E-state index in [1.54, 1.807) is 18.3 Å². The second-order valence-electron chi connectivity index (χ2n) is 7.08. The number of aliphatic hydroxyl groups excluding tert-OH is 1. The number of alkyl halides is 3. The van der Waals surface area contributed by atoms with E-state index in [0.29, 0.717) is 11.1 Å². The standard InChI is InChI=1S/C20H24F3N3O/c1-24-10-8-19(13-27)7-5-17(26-19)18-12-15(6-9-25-18)14-3-2-4-16(11-14)20(21,22)23/h2-4,6,9,11-12,17,24,26-27H,5,7-8,10,13H2,1H3/t17-,19+/m1/s1. The minimum absolute atomic E-state index is 0.0280. The molecule has 0 saturated carbocycles. The molecular weight excluding hydrogens is 355 g/mol. The van der Waals surface area contributed by atoms with Gasteiger partial charge in [-0.1, -0.05) is 12.1 Å². The van der Waals surface area contributed by atoms with Gasteiger partial charge < -0.3 is 15.7 Å². The molecule has 0 spiro atoms. The number of benzene rings is 1. The molecule has 7 heteroatoms. The van der Waals surface area contributed by atoms with Crippen molar-refractivity contribution in [3.05, 3.63) is 53.9 Å². The molecule has 4 nitrogen and oxygen atoms in total. The molecule has 1 aromatic carbocycles. The molecule has 0 bridgehead atoms. The number of hydrogen-bond acceptors (Lipinski definition) is 4. The summed E-state index contributed by atoms with van der Waals surface area (Å²) in [6.07, 6.45) is -0.301. The van der Waals surface area contributed by atoms with Crippen LogP contribution in [-0.4, -0.2) is 35.8 Å². The van der Waals surface area contributed by atoms with E-state index < -0.39 is 11.7 Å². The van der Waals surface area contributed by atoms with Crippen molar-refractivity contribution in [3.63, 3.8) is 0 Å². The quantitative estimate of drug-likeness (QED) is 0.719. The normalized spacial score (nSPS) is 22.9. The van der Waals surface area contributed by atoms with E-state index in [9.17, 15) is 18.3 Å². The highest BCUT2D eigenvalue weighted by atomic mass is 19.4. The van der Waals surface area contributed by atoms with E-state index >= 15 is 0 Å². The summed E-state index contributed by atoms with van der Waals surface area (Å²) in [6, 6.07) is 8.84. The molecular formula is C20H24F3N3O. The number of halogens is 3. The smallest absolute Gasteiger partial charge is 0.394 e. The fourth-order valence-electron chi connectivity index (χ4n) is 3.62. The molecule has 0 unspecified atom stereocenters. The Hall–Kier alpha value is -1.96. The van der Waals surface area contributed by atoms with Gasteiger partial charge in [0.15, 0.2) is 0 Å². The monoisotopic (exact) mass is 379 g/mol. The Morgan fingerprint density at radius 3 is 2.74 bits per heavy atom. The van der Waals surface area contributed by atoms with E-state index in [1.165, 1.54) is 6.07 Å². The largest absolute Gasteiger partial charge is 0.416 e. The number of nitrogens with zero attached hydrogens (tertiary/aromatic N) is 1. The lowest BCUT2D eigenvalue weighted by Gasteiger charge is -2.28. The fraction of sp³-hybridized carbons (Fsp3) is 0.450. The Morgan fingerprint density at radius 2 is 2.04 bits per heavy atom. The number of pyridine rings is 1. The second-order valence-corrected chi connectivity index (χ2v) is 7.08. The van der Waals surface area contributed by atoms with E-state index in [1.807, 2.05) is 13.1 Å². The van der Waals surface area contributed by atoms with Gasteiger partial charge in [-0.25, -0.2) is 0 Å². The first kappa shape index (κ1) is 19.8. The number of aliphatic hydroxyl groups is 1. The third-order valence-electron chi connectivity index (χ3n) is 5.21. The number of nitrogens with one attached hydrogen (secondary N) is 2. The van der Waals surface area contributed by atoms with Gasteiger partial charge in [0.25, 0.3) is 0 Å². The summed E-state index contributed by atoms with van der Waals surface area (Å²) in [7, 11) is 1.87. The lowest BCUT2D eigenvalue weighted by atomic mass is 9.94. The summed E-state index contributed by atoms with van der Waals surface area (Å²) >= 11 is 0. The molecule has 3 N–H and O–H groups in total. The summed E-state index contributed by atoms with van der Waals surface area (Å²) in [5.41, 5.74) is 0.981. The van der Waals surface area contributed by atoms with Gasteiger partial charge in [-0.3, -0.25) is 4.98 Å². The van der Waals surface area contributed by atoms with Crippen molar-refractivity contribution in [1.29, 1.82) is 0 Å². The molecule has 3 rings (SSSR count). The number of rotatable bonds is 6. The maximum absolute atomic E-state index is 13.0. The Balaban J connectivity index is 1.83. The molecule has 1 saturated heterocycles. The summed E-state index contributed by atoms with van der Waals surface area (Å²) in [6.45, 7) is 0.830. The molecule has 1 aromatic heterocycles. The lowest BCUT2D eigenvalue weighted by molar-refractivity contribution is -0.137. The average Bonchev–Trinajstić information content (AvgIpc) is 3.11. The average molecular weight is 379 g/mol. The molecule has 27 heavy (non-hydrogen) atoms. The first-order valence-corrected chi connectivity index (χ1v) is 9.04. The van der Waals surface area contributed by atoms with Crippen molar-refractivity contribution < 1.29 is 18.3 Å². The topological polar surface area (TPSA) is 57.2 Å². The van der Waals surface area contributed by atoms with Crippen LogP contribution in [0.5, 0.6) is 0 Å². The van der Waals surface area contributed by atoms with Crippen LogP contribution in [-0.2, 0) is 6.18 Å². The van der Waals surface area contributed by atoms with Crippen molar-refractivity contribution in [2.75, 3.05) is 20.2 Å². The van der Waals surface area contributed by atoms with E-state index in [2.05, 4.69) is 15.6 Å². The summed E-state index contributed by atoms with van der Waals surface area (Å²) < 4.78 is 39.0. The van der Waals surface area contributed by atoms with Crippen molar-refractivity contribution in [2.45, 2.75) is 37.0 Å². The van der Waals surface area contributed by atoms with Crippen LogP contribution in [0.4, 0.5) is 13.2 Å². The number of aromatic nitrogens is 1. The SMILES string of the molecule is CNCC[C@]1(CO)CC[C@H](c2cc(-c3cccc(C(F)(F)F)c3)ccn2)N1. The van der Waals surface area contributed by atoms with Gasteiger partial charge >= 0.3 is 6.18 Å². The minimum Gasteiger partial charge on any atom is -0.394 e. The van der Waals surface area contributed by atoms with Crippen molar-refractivity contribution in [3.8, 4) is 11.1 Å². The molecule has 2 atom stereocenters. The summed E-state index contributed by atoms with van der Waals surface area (Å²) in [4.78, 5) is 4.42. The van der Waals surface area contributed by atoms with Crippen LogP contribution >= 0.6 is 0 Å². The third-order valence-corrected chi connectivity index (χ3v) is 5.21. The van der Waals surface area contributed by atoms with Crippen LogP contribution in [0.15, 0.2) is 42.6 Å². The highest BCUT2D eigenvalue weighted by Gasteiger charge is 2.38. The van der Waals surface area contributed by atoms with Crippen LogP contribution in [0.1, 0.15) is 36.6 Å². The maximum atomic E-state index is 13.0. The first-order chi connectivity index (χ1) is 12.9. The van der Waals surface area contributed by atoms with Crippen molar-refractivity contribution in [2.24, 2.45) is 0 Å². The highest BCUT2D eigenvalue weighted by molar-refractivity contribution is 5.64. The number of hydrogen-bond donors (Lipinski definition) is 3. The zero-order chi connectivity index (χ0) is 19.5. The molecule has 1 aliphatic rings. The van der Waals surface area contributed by atoms with Crippen molar-refractivity contribution in [1.82, 2.24) is 15.6 Å². The Labute approximate surface area is 156 Å². The van der Waals surface area contributed by atoms with Crippen LogP contribution in [0, 0.1) is 0 Å². The van der Waals surface area contributed by atoms with Gasteiger partial charge in [-0.2, -0.15) is 13.2 Å². The fourth-order valence-corrected chi connectivity index (χ4v) is 3.62. The first-order valence-electron chi connectivity index (χ1n) is 9.04. The highest BCUT2D eigenvalue weighted by Crippen LogP contribution is 2.36. The van der Waals surface area contributed by atoms with Crippen molar-refractivity contribution >= 4 is 0 Å². The van der Waals surface area contributed by atoms with E-state index in [-0.39, 0.29) is 18.2 Å². The minimum atomic E-state index is -4.37. The molecule has 0 amide bonds. The summed E-state index contributed by atoms with van der Waals surface area (Å²) in [5.74, 6) is 0. The van der Waals surface area contributed by atoms with E-state index in [4.69, 9.17) is 0 Å². The second kappa shape index (κ2) is 7.96. The van der Waals surface area contributed by atoms with Gasteiger partial charge in [0, 0.05) is 11.7 Å². The van der Waals surface area contributed by atoms with Gasteiger partial charge in [0.1, 0.15) is 0 Å².